The first-order chi connectivity index (χ1) is 19.1. The van der Waals surface area contributed by atoms with Crippen LogP contribution in [0, 0.1) is 0 Å². The molecule has 1 atom stereocenters. The Morgan fingerprint density at radius 2 is 1.79 bits per heavy atom. The second kappa shape index (κ2) is 9.69. The van der Waals surface area contributed by atoms with Crippen LogP contribution < -0.4 is 10.2 Å². The summed E-state index contributed by atoms with van der Waals surface area (Å²) in [5, 5.41) is 13.8. The molecule has 10 heteroatoms. The number of benzene rings is 2. The highest BCUT2D eigenvalue weighted by molar-refractivity contribution is 7.16. The van der Waals surface area contributed by atoms with Gasteiger partial charge in [0.25, 0.3) is 5.89 Å². The lowest BCUT2D eigenvalue weighted by atomic mass is 9.96. The summed E-state index contributed by atoms with van der Waals surface area (Å²) in [5.74, 6) is 0.266. The van der Waals surface area contributed by atoms with Crippen LogP contribution in [-0.2, 0) is 21.4 Å². The number of nitrogens with one attached hydrogen (secondary N) is 1. The van der Waals surface area contributed by atoms with Crippen molar-refractivity contribution in [1.82, 2.24) is 15.2 Å². The predicted octanol–water partition coefficient (Wildman–Crippen LogP) is 4.48. The Balaban J connectivity index is 1.21. The third-order valence-electron chi connectivity index (χ3n) is 7.56. The molecule has 4 heterocycles. The number of nitrogens with zero attached hydrogens (tertiary/aromatic N) is 5. The van der Waals surface area contributed by atoms with Crippen molar-refractivity contribution in [3.63, 3.8) is 0 Å². The first-order valence-corrected chi connectivity index (χ1v) is 14.1. The molecule has 39 heavy (non-hydrogen) atoms. The van der Waals surface area contributed by atoms with Gasteiger partial charge in [-0.15, -0.1) is 16.4 Å². The Morgan fingerprint density at radius 1 is 1.03 bits per heavy atom. The fourth-order valence-electron chi connectivity index (χ4n) is 4.99. The molecular formula is C29H28N6O3S. The van der Waals surface area contributed by atoms with E-state index in [-0.39, 0.29) is 23.6 Å². The molecule has 2 aromatic carbocycles. The van der Waals surface area contributed by atoms with Crippen molar-refractivity contribution in [2.75, 3.05) is 36.5 Å². The SMILES string of the molecule is CC1(c2nc(-c3nnc(N[C@H]4N=C(c5ccccc5)c5ccccc5CC4=O)o3)c(N3CCOCC3)s2)CC1. The van der Waals surface area contributed by atoms with E-state index in [0.29, 0.717) is 24.8 Å². The quantitative estimate of drug-likeness (QED) is 0.382. The van der Waals surface area contributed by atoms with Gasteiger partial charge in [-0.05, 0) is 18.4 Å². The number of aliphatic imine (C=N–C) groups is 1. The third kappa shape index (κ3) is 4.63. The van der Waals surface area contributed by atoms with Crippen LogP contribution in [0.15, 0.2) is 64.0 Å². The van der Waals surface area contributed by atoms with E-state index in [4.69, 9.17) is 19.1 Å². The van der Waals surface area contributed by atoms with Crippen molar-refractivity contribution in [2.24, 2.45) is 4.99 Å². The largest absolute Gasteiger partial charge is 0.402 e. The van der Waals surface area contributed by atoms with Gasteiger partial charge in [0.15, 0.2) is 17.6 Å². The van der Waals surface area contributed by atoms with Gasteiger partial charge in [-0.25, -0.2) is 4.98 Å². The molecule has 4 aromatic rings. The standard InChI is InChI=1S/C29H28N6O3S/c1-29(11-12-29)27-31-23(26(39-27)35-13-15-37-16-14-35)25-33-34-28(38-25)32-24-21(36)17-19-9-5-6-10-20(19)22(30-24)18-7-3-2-4-8-18/h2-10,24H,11-17H2,1H3,(H,32,34)/t24-/m1/s1. The van der Waals surface area contributed by atoms with Crippen molar-refractivity contribution in [3.05, 3.63) is 76.3 Å². The minimum atomic E-state index is -0.865. The molecule has 2 aliphatic heterocycles. The number of fused-ring (bicyclic) bond motifs is 1. The fraction of sp³-hybridized carbons (Fsp3) is 0.345. The zero-order chi connectivity index (χ0) is 26.4. The van der Waals surface area contributed by atoms with Gasteiger partial charge in [0.1, 0.15) is 10.0 Å². The minimum Gasteiger partial charge on any atom is -0.402 e. The highest BCUT2D eigenvalue weighted by Gasteiger charge is 2.43. The first kappa shape index (κ1) is 24.2. The molecule has 2 fully saturated rings. The molecule has 0 bridgehead atoms. The fourth-order valence-corrected chi connectivity index (χ4v) is 6.30. The lowest BCUT2D eigenvalue weighted by molar-refractivity contribution is -0.119. The van der Waals surface area contributed by atoms with Gasteiger partial charge in [-0.2, -0.15) is 0 Å². The van der Waals surface area contributed by atoms with E-state index < -0.39 is 6.17 Å². The number of ether oxygens (including phenoxy) is 1. The number of carbonyl (C=O) groups excluding carboxylic acids is 1. The van der Waals surface area contributed by atoms with Crippen molar-refractivity contribution < 1.29 is 13.9 Å². The molecule has 0 radical (unpaired) electrons. The maximum Gasteiger partial charge on any atom is 0.317 e. The molecule has 3 aliphatic rings. The number of ketones is 1. The summed E-state index contributed by atoms with van der Waals surface area (Å²) in [6, 6.07) is 17.9. The van der Waals surface area contributed by atoms with Crippen LogP contribution in [0.25, 0.3) is 11.6 Å². The van der Waals surface area contributed by atoms with E-state index in [2.05, 4.69) is 27.3 Å². The number of Topliss-reactive ketones (excluding diaryl/α,β-unsaturated/α-hetero) is 1. The van der Waals surface area contributed by atoms with Crippen molar-refractivity contribution in [3.8, 4) is 11.6 Å². The average Bonchev–Trinajstić information content (AvgIpc) is 3.37. The van der Waals surface area contributed by atoms with Crippen molar-refractivity contribution in [1.29, 1.82) is 0 Å². The highest BCUT2D eigenvalue weighted by atomic mass is 32.1. The summed E-state index contributed by atoms with van der Waals surface area (Å²) in [7, 11) is 0. The van der Waals surface area contributed by atoms with Crippen LogP contribution in [0.5, 0.6) is 0 Å². The topological polar surface area (TPSA) is 106 Å². The zero-order valence-corrected chi connectivity index (χ0v) is 22.4. The number of hydrogen-bond donors (Lipinski definition) is 1. The van der Waals surface area contributed by atoms with Crippen LogP contribution in [0.2, 0.25) is 0 Å². The number of hydrogen-bond acceptors (Lipinski definition) is 10. The van der Waals surface area contributed by atoms with Gasteiger partial charge in [0, 0.05) is 36.1 Å². The number of aromatic nitrogens is 3. The number of thiazole rings is 1. The van der Waals surface area contributed by atoms with Crippen LogP contribution in [0.3, 0.4) is 0 Å². The van der Waals surface area contributed by atoms with Gasteiger partial charge >= 0.3 is 6.01 Å². The van der Waals surface area contributed by atoms with E-state index in [9.17, 15) is 4.79 Å². The van der Waals surface area contributed by atoms with Crippen LogP contribution in [0.1, 0.15) is 41.5 Å². The summed E-state index contributed by atoms with van der Waals surface area (Å²) in [4.78, 5) is 25.5. The Kier molecular flexibility index (Phi) is 6.01. The molecule has 1 saturated heterocycles. The monoisotopic (exact) mass is 540 g/mol. The van der Waals surface area contributed by atoms with E-state index in [1.54, 1.807) is 11.3 Å². The van der Waals surface area contributed by atoms with Crippen molar-refractivity contribution in [2.45, 2.75) is 37.8 Å². The number of anilines is 2. The molecule has 198 valence electrons. The second-order valence-electron chi connectivity index (χ2n) is 10.4. The number of carbonyl (C=O) groups is 1. The average molecular weight is 541 g/mol. The van der Waals surface area contributed by atoms with Crippen molar-refractivity contribution >= 4 is 33.8 Å². The summed E-state index contributed by atoms with van der Waals surface area (Å²) in [6.07, 6.45) is 1.65. The highest BCUT2D eigenvalue weighted by Crippen LogP contribution is 2.52. The van der Waals surface area contributed by atoms with Crippen LogP contribution in [0.4, 0.5) is 11.0 Å². The number of morpholine rings is 1. The molecule has 0 spiro atoms. The van der Waals surface area contributed by atoms with Gasteiger partial charge in [0.05, 0.1) is 18.9 Å². The van der Waals surface area contributed by atoms with Gasteiger partial charge in [-0.1, -0.05) is 66.6 Å². The Hall–Kier alpha value is -3.89. The van der Waals surface area contributed by atoms with Crippen LogP contribution >= 0.6 is 11.3 Å². The molecule has 9 nitrogen and oxygen atoms in total. The normalized spacial score (nSPS) is 20.2. The van der Waals surface area contributed by atoms with E-state index in [1.807, 2.05) is 54.6 Å². The maximum absolute atomic E-state index is 13.3. The minimum absolute atomic E-state index is 0.0697. The molecule has 1 saturated carbocycles. The Bertz CT molecular complexity index is 1550. The lowest BCUT2D eigenvalue weighted by Gasteiger charge is -2.27. The van der Waals surface area contributed by atoms with Gasteiger partial charge < -0.3 is 19.4 Å². The lowest BCUT2D eigenvalue weighted by Crippen LogP contribution is -2.36. The molecule has 2 aromatic heterocycles. The summed E-state index contributed by atoms with van der Waals surface area (Å²) in [6.45, 7) is 5.18. The second-order valence-corrected chi connectivity index (χ2v) is 11.4. The smallest absolute Gasteiger partial charge is 0.317 e. The zero-order valence-electron chi connectivity index (χ0n) is 21.6. The molecule has 0 unspecified atom stereocenters. The molecular weight excluding hydrogens is 512 g/mol. The first-order valence-electron chi connectivity index (χ1n) is 13.3. The Morgan fingerprint density at radius 3 is 2.59 bits per heavy atom. The Labute approximate surface area is 230 Å². The third-order valence-corrected chi connectivity index (χ3v) is 8.98. The molecule has 1 aliphatic carbocycles. The van der Waals surface area contributed by atoms with E-state index >= 15 is 0 Å². The summed E-state index contributed by atoms with van der Waals surface area (Å²) in [5.41, 5.74) is 4.40. The van der Waals surface area contributed by atoms with Gasteiger partial charge in [-0.3, -0.25) is 9.79 Å². The summed E-state index contributed by atoms with van der Waals surface area (Å²) < 4.78 is 11.7. The molecule has 0 amide bonds. The van der Waals surface area contributed by atoms with Gasteiger partial charge in [0.2, 0.25) is 0 Å². The van der Waals surface area contributed by atoms with E-state index in [0.717, 1.165) is 58.3 Å². The molecule has 7 rings (SSSR count). The van der Waals surface area contributed by atoms with Crippen LogP contribution in [-0.4, -0.2) is 59.1 Å². The number of rotatable bonds is 6. The van der Waals surface area contributed by atoms with E-state index in [1.165, 1.54) is 0 Å². The predicted molar refractivity (Wildman–Crippen MR) is 150 cm³/mol. The summed E-state index contributed by atoms with van der Waals surface area (Å²) >= 11 is 1.70. The molecule has 1 N–H and O–H groups in total. The maximum atomic E-state index is 13.3.